The summed E-state index contributed by atoms with van der Waals surface area (Å²) in [6.45, 7) is 6.58. The van der Waals surface area contributed by atoms with Crippen molar-refractivity contribution in [3.63, 3.8) is 0 Å². The van der Waals surface area contributed by atoms with Gasteiger partial charge in [0, 0.05) is 36.6 Å². The van der Waals surface area contributed by atoms with E-state index in [0.717, 1.165) is 23.4 Å². The number of amidine groups is 1. The number of carbonyl (C=O) groups excluding carboxylic acids is 3. The van der Waals surface area contributed by atoms with Crippen molar-refractivity contribution in [2.24, 2.45) is 29.4 Å². The minimum absolute atomic E-state index is 0.0491. The minimum atomic E-state index is -0.686. The van der Waals surface area contributed by atoms with Gasteiger partial charge < -0.3 is 30.8 Å². The molecule has 2 aromatic heterocycles. The Morgan fingerprint density at radius 1 is 1.04 bits per heavy atom. The molecule has 1 unspecified atom stereocenters. The van der Waals surface area contributed by atoms with Gasteiger partial charge in [0.25, 0.3) is 5.91 Å². The molecule has 13 nitrogen and oxygen atoms in total. The minimum Gasteiger partial charge on any atom is -0.466 e. The number of aromatic nitrogens is 3. The van der Waals surface area contributed by atoms with Gasteiger partial charge in [0.05, 0.1) is 30.6 Å². The van der Waals surface area contributed by atoms with Crippen molar-refractivity contribution in [3.8, 4) is 0 Å². The number of anilines is 2. The third-order valence-electron chi connectivity index (χ3n) is 7.50. The quantitative estimate of drug-likeness (QED) is 0.0901. The molecule has 1 atom stereocenters. The number of aliphatic imine (C=N–C) groups is 1. The molecule has 0 radical (unpaired) electrons. The molecule has 5 N–H and O–H groups in total. The third-order valence-corrected chi connectivity index (χ3v) is 7.50. The number of nitrogens with two attached hydrogens (primary N) is 2. The molecular weight excluding hydrogens is 612 g/mol. The van der Waals surface area contributed by atoms with Crippen LogP contribution in [0, 0.1) is 5.92 Å². The van der Waals surface area contributed by atoms with Crippen LogP contribution in [0.5, 0.6) is 0 Å². The van der Waals surface area contributed by atoms with Crippen LogP contribution in [0.25, 0.3) is 11.0 Å². The standard InChI is InChI=1S/C35H44N8O5/c1-5-18-47-32(44)15-17-43(30-8-6-7-16-38-30)34(45)25-11-14-29-28(20-25)41-31(42(29)4)21-39-26-12-9-24(10-13-26)33(37)40-22-48-35(46)27(36)19-23(2)3/h6-14,16,20,23,27,39H,5,15,17-19,21-22,36H2,1-4H3,(H2,37,40). The van der Waals surface area contributed by atoms with Crippen LogP contribution in [0.15, 0.2) is 71.9 Å². The summed E-state index contributed by atoms with van der Waals surface area (Å²) in [6.07, 6.45) is 2.91. The number of pyridine rings is 1. The monoisotopic (exact) mass is 656 g/mol. The number of fused-ring (bicyclic) bond motifs is 1. The highest BCUT2D eigenvalue weighted by Gasteiger charge is 2.22. The number of esters is 2. The summed E-state index contributed by atoms with van der Waals surface area (Å²) in [6, 6.07) is 17.3. The van der Waals surface area contributed by atoms with E-state index in [1.807, 2.05) is 62.7 Å². The van der Waals surface area contributed by atoms with Crippen LogP contribution >= 0.6 is 0 Å². The molecule has 0 bridgehead atoms. The normalized spacial score (nSPS) is 12.2. The average Bonchev–Trinajstić information content (AvgIpc) is 3.40. The van der Waals surface area contributed by atoms with Crippen LogP contribution in [0.1, 0.15) is 61.8 Å². The molecule has 48 heavy (non-hydrogen) atoms. The zero-order chi connectivity index (χ0) is 34.6. The van der Waals surface area contributed by atoms with Gasteiger partial charge in [-0.3, -0.25) is 19.3 Å². The lowest BCUT2D eigenvalue weighted by Gasteiger charge is -2.21. The molecule has 254 valence electrons. The van der Waals surface area contributed by atoms with Gasteiger partial charge in [-0.05, 0) is 73.4 Å². The number of hydrogen-bond acceptors (Lipinski definition) is 10. The van der Waals surface area contributed by atoms with Crippen LogP contribution in [0.4, 0.5) is 11.5 Å². The summed E-state index contributed by atoms with van der Waals surface area (Å²) in [5.41, 5.74) is 15.4. The molecule has 0 saturated heterocycles. The van der Waals surface area contributed by atoms with Crippen molar-refractivity contribution in [3.05, 3.63) is 83.8 Å². The topological polar surface area (TPSA) is 180 Å². The van der Waals surface area contributed by atoms with Gasteiger partial charge in [-0.25, -0.2) is 15.0 Å². The molecule has 4 aromatic rings. The van der Waals surface area contributed by atoms with Gasteiger partial charge in [0.1, 0.15) is 23.5 Å². The second-order valence-corrected chi connectivity index (χ2v) is 11.7. The number of aryl methyl sites for hydroxylation is 1. The number of nitrogens with zero attached hydrogens (tertiary/aromatic N) is 5. The van der Waals surface area contributed by atoms with Gasteiger partial charge in [0.15, 0.2) is 6.73 Å². The van der Waals surface area contributed by atoms with E-state index in [1.165, 1.54) is 4.90 Å². The van der Waals surface area contributed by atoms with E-state index in [4.69, 9.17) is 25.9 Å². The highest BCUT2D eigenvalue weighted by atomic mass is 16.5. The molecule has 1 amide bonds. The molecule has 2 heterocycles. The van der Waals surface area contributed by atoms with E-state index in [1.54, 1.807) is 36.5 Å². The molecular formula is C35H44N8O5. The largest absolute Gasteiger partial charge is 0.466 e. The van der Waals surface area contributed by atoms with Crippen LogP contribution in [0.2, 0.25) is 0 Å². The number of amides is 1. The molecule has 0 aliphatic heterocycles. The van der Waals surface area contributed by atoms with Crippen LogP contribution in [-0.2, 0) is 32.7 Å². The maximum Gasteiger partial charge on any atom is 0.324 e. The number of hydrogen-bond donors (Lipinski definition) is 3. The Hall–Kier alpha value is -5.30. The van der Waals surface area contributed by atoms with E-state index in [2.05, 4.69) is 15.3 Å². The Labute approximate surface area is 280 Å². The molecule has 0 aliphatic carbocycles. The fraction of sp³-hybridized carbons (Fsp3) is 0.371. The second-order valence-electron chi connectivity index (χ2n) is 11.7. The van der Waals surface area contributed by atoms with Gasteiger partial charge in [-0.15, -0.1) is 0 Å². The Kier molecular flexibility index (Phi) is 12.6. The Balaban J connectivity index is 1.40. The van der Waals surface area contributed by atoms with Gasteiger partial charge in [0.2, 0.25) is 0 Å². The van der Waals surface area contributed by atoms with Crippen molar-refractivity contribution in [1.29, 1.82) is 0 Å². The van der Waals surface area contributed by atoms with Gasteiger partial charge in [-0.2, -0.15) is 0 Å². The zero-order valence-corrected chi connectivity index (χ0v) is 27.9. The summed E-state index contributed by atoms with van der Waals surface area (Å²) in [7, 11) is 1.92. The first-order chi connectivity index (χ1) is 23.1. The molecule has 2 aromatic carbocycles. The first kappa shape index (κ1) is 35.6. The molecule has 13 heteroatoms. The van der Waals surface area contributed by atoms with Crippen molar-refractivity contribution < 1.29 is 23.9 Å². The van der Waals surface area contributed by atoms with E-state index in [0.29, 0.717) is 42.0 Å². The maximum atomic E-state index is 13.7. The van der Waals surface area contributed by atoms with Gasteiger partial charge >= 0.3 is 11.9 Å². The number of rotatable bonds is 16. The summed E-state index contributed by atoms with van der Waals surface area (Å²) in [5, 5.41) is 3.36. The highest BCUT2D eigenvalue weighted by Crippen LogP contribution is 2.21. The smallest absolute Gasteiger partial charge is 0.324 e. The average molecular weight is 657 g/mol. The lowest BCUT2D eigenvalue weighted by Crippen LogP contribution is -2.34. The lowest BCUT2D eigenvalue weighted by atomic mass is 10.1. The number of imidazole rings is 1. The van der Waals surface area contributed by atoms with Crippen LogP contribution < -0.4 is 21.7 Å². The first-order valence-electron chi connectivity index (χ1n) is 16.0. The SMILES string of the molecule is CCCOC(=O)CCN(C(=O)c1ccc2c(c1)nc(CNc1ccc(/C(N)=N/COC(=O)C(N)CC(C)C)cc1)n2C)c1ccccn1. The summed E-state index contributed by atoms with van der Waals surface area (Å²) < 4.78 is 12.3. The maximum absolute atomic E-state index is 13.7. The molecule has 0 saturated carbocycles. The summed E-state index contributed by atoms with van der Waals surface area (Å²) in [5.74, 6) is 0.570. The molecule has 0 aliphatic rings. The summed E-state index contributed by atoms with van der Waals surface area (Å²) >= 11 is 0. The van der Waals surface area contributed by atoms with Crippen LogP contribution in [-0.4, -0.2) is 64.1 Å². The summed E-state index contributed by atoms with van der Waals surface area (Å²) in [4.78, 5) is 52.6. The molecule has 0 fully saturated rings. The van der Waals surface area contributed by atoms with Crippen molar-refractivity contribution in [2.75, 3.05) is 30.1 Å². The third kappa shape index (κ3) is 9.61. The number of ether oxygens (including phenoxy) is 2. The zero-order valence-electron chi connectivity index (χ0n) is 27.9. The predicted octanol–water partition coefficient (Wildman–Crippen LogP) is 4.15. The Morgan fingerprint density at radius 3 is 2.48 bits per heavy atom. The van der Waals surface area contributed by atoms with Crippen LogP contribution in [0.3, 0.4) is 0 Å². The molecule has 0 spiro atoms. The second kappa shape index (κ2) is 17.0. The van der Waals surface area contributed by atoms with E-state index >= 15 is 0 Å². The fourth-order valence-electron chi connectivity index (χ4n) is 4.93. The number of benzene rings is 2. The lowest BCUT2D eigenvalue weighted by molar-refractivity contribution is -0.145. The van der Waals surface area contributed by atoms with E-state index in [9.17, 15) is 14.4 Å². The molecule has 4 rings (SSSR count). The van der Waals surface area contributed by atoms with Crippen molar-refractivity contribution >= 4 is 46.2 Å². The predicted molar refractivity (Wildman–Crippen MR) is 185 cm³/mol. The Morgan fingerprint density at radius 2 is 1.79 bits per heavy atom. The Bertz CT molecular complexity index is 1720. The van der Waals surface area contributed by atoms with Crippen molar-refractivity contribution in [1.82, 2.24) is 14.5 Å². The number of nitrogens with one attached hydrogen (secondary N) is 1. The first-order valence-corrected chi connectivity index (χ1v) is 16.0. The van der Waals surface area contributed by atoms with E-state index in [-0.39, 0.29) is 43.3 Å². The number of carbonyl (C=O) groups is 3. The van der Waals surface area contributed by atoms with Gasteiger partial charge in [-0.1, -0.05) is 26.8 Å². The fourth-order valence-corrected chi connectivity index (χ4v) is 4.93. The van der Waals surface area contributed by atoms with Crippen molar-refractivity contribution in [2.45, 2.75) is 52.6 Å². The van der Waals surface area contributed by atoms with E-state index < -0.39 is 12.0 Å². The highest BCUT2D eigenvalue weighted by molar-refractivity contribution is 6.07.